The zero-order chi connectivity index (χ0) is 9.26. The lowest BCUT2D eigenvalue weighted by Gasteiger charge is -2.12. The lowest BCUT2D eigenvalue weighted by molar-refractivity contribution is 0.424. The largest absolute Gasteiger partial charge is 0.507 e. The highest BCUT2D eigenvalue weighted by molar-refractivity contribution is 5.72. The Kier molecular flexibility index (Phi) is 1.76. The number of fused-ring (bicyclic) bond motifs is 1. The lowest BCUT2D eigenvalue weighted by atomic mass is 9.93. The summed E-state index contributed by atoms with van der Waals surface area (Å²) in [7, 11) is 0. The first-order valence-corrected chi connectivity index (χ1v) is 4.04. The monoisotopic (exact) mass is 172 g/mol. The number of allylic oxidation sites excluding steroid dienone is 1. The summed E-state index contributed by atoms with van der Waals surface area (Å²) >= 11 is 0. The van der Waals surface area contributed by atoms with Crippen molar-refractivity contribution in [2.24, 2.45) is 0 Å². The lowest BCUT2D eigenvalue weighted by Crippen LogP contribution is -2.02. The molecule has 1 aliphatic carbocycles. The Morgan fingerprint density at radius 3 is 2.85 bits per heavy atom. The highest BCUT2D eigenvalue weighted by atomic mass is 16.3. The molecule has 0 atom stereocenters. The normalized spacial score (nSPS) is 14.5. The van der Waals surface area contributed by atoms with Crippen molar-refractivity contribution in [3.63, 3.8) is 0 Å². The summed E-state index contributed by atoms with van der Waals surface area (Å²) in [5.41, 5.74) is 2.36. The molecule has 0 saturated carbocycles. The third-order valence-corrected chi connectivity index (χ3v) is 2.15. The molecular formula is C11H8O2. The second-order valence-electron chi connectivity index (χ2n) is 2.99. The molecule has 0 fully saturated rings. The molecule has 1 aromatic carbocycles. The van der Waals surface area contributed by atoms with Crippen molar-refractivity contribution in [2.45, 2.75) is 6.42 Å². The fourth-order valence-electron chi connectivity index (χ4n) is 1.44. The van der Waals surface area contributed by atoms with Crippen LogP contribution in [0.25, 0.3) is 6.08 Å². The van der Waals surface area contributed by atoms with Crippen molar-refractivity contribution in [2.75, 3.05) is 0 Å². The average Bonchev–Trinajstić information content (AvgIpc) is 2.17. The van der Waals surface area contributed by atoms with Crippen molar-refractivity contribution in [1.29, 1.82) is 0 Å². The van der Waals surface area contributed by atoms with E-state index in [4.69, 9.17) is 0 Å². The maximum absolute atomic E-state index is 10.4. The quantitative estimate of drug-likeness (QED) is 0.607. The molecule has 13 heavy (non-hydrogen) atoms. The summed E-state index contributed by atoms with van der Waals surface area (Å²) in [4.78, 5) is 10.4. The average molecular weight is 172 g/mol. The van der Waals surface area contributed by atoms with E-state index in [0.29, 0.717) is 12.0 Å². The molecule has 0 radical (unpaired) electrons. The van der Waals surface area contributed by atoms with Crippen molar-refractivity contribution in [1.82, 2.24) is 0 Å². The Labute approximate surface area is 75.8 Å². The Balaban J connectivity index is 2.59. The maximum atomic E-state index is 10.4. The first kappa shape index (κ1) is 7.84. The first-order chi connectivity index (χ1) is 6.31. The molecule has 0 saturated heterocycles. The molecule has 0 unspecified atom stereocenters. The minimum absolute atomic E-state index is 0.0358. The Bertz CT molecular complexity index is 423. The molecule has 0 aromatic heterocycles. The van der Waals surface area contributed by atoms with E-state index < -0.39 is 0 Å². The second-order valence-corrected chi connectivity index (χ2v) is 2.99. The van der Waals surface area contributed by atoms with E-state index in [1.54, 1.807) is 12.0 Å². The highest BCUT2D eigenvalue weighted by Crippen LogP contribution is 2.24. The van der Waals surface area contributed by atoms with E-state index in [1.807, 2.05) is 24.3 Å². The third kappa shape index (κ3) is 1.28. The number of hydrogen-bond donors (Lipinski definition) is 1. The van der Waals surface area contributed by atoms with E-state index in [1.165, 1.54) is 0 Å². The molecule has 2 rings (SSSR count). The van der Waals surface area contributed by atoms with Gasteiger partial charge in [-0.05, 0) is 17.2 Å². The predicted octanol–water partition coefficient (Wildman–Crippen LogP) is 1.90. The van der Waals surface area contributed by atoms with Gasteiger partial charge < -0.3 is 5.11 Å². The Hall–Kier alpha value is -1.79. The molecule has 2 nitrogen and oxygen atoms in total. The van der Waals surface area contributed by atoms with Crippen LogP contribution in [0.15, 0.2) is 35.6 Å². The molecule has 1 aromatic rings. The Morgan fingerprint density at radius 2 is 2.08 bits per heavy atom. The molecular weight excluding hydrogens is 164 g/mol. The minimum Gasteiger partial charge on any atom is -0.507 e. The first-order valence-electron chi connectivity index (χ1n) is 4.04. The van der Waals surface area contributed by atoms with Crippen LogP contribution < -0.4 is 0 Å². The van der Waals surface area contributed by atoms with Crippen LogP contribution in [0.3, 0.4) is 0 Å². The molecule has 0 heterocycles. The van der Waals surface area contributed by atoms with Gasteiger partial charge in [0, 0.05) is 6.42 Å². The number of hydrogen-bond acceptors (Lipinski definition) is 2. The van der Waals surface area contributed by atoms with Crippen LogP contribution in [-0.4, -0.2) is 11.0 Å². The van der Waals surface area contributed by atoms with Gasteiger partial charge >= 0.3 is 0 Å². The molecule has 64 valence electrons. The number of aliphatic hydroxyl groups is 1. The maximum Gasteiger partial charge on any atom is 0.132 e. The molecule has 0 spiro atoms. The smallest absolute Gasteiger partial charge is 0.132 e. The van der Waals surface area contributed by atoms with Gasteiger partial charge in [-0.1, -0.05) is 24.3 Å². The number of rotatable bonds is 0. The van der Waals surface area contributed by atoms with E-state index in [0.717, 1.165) is 11.1 Å². The van der Waals surface area contributed by atoms with Crippen LogP contribution in [0.1, 0.15) is 11.1 Å². The zero-order valence-corrected chi connectivity index (χ0v) is 6.95. The summed E-state index contributed by atoms with van der Waals surface area (Å²) in [5.74, 6) is 1.78. The van der Waals surface area contributed by atoms with E-state index >= 15 is 0 Å². The van der Waals surface area contributed by atoms with Gasteiger partial charge in [-0.3, -0.25) is 0 Å². The number of carbonyl (C=O) groups excluding carboxylic acids is 1. The number of benzene rings is 1. The summed E-state index contributed by atoms with van der Waals surface area (Å²) in [6.07, 6.45) is 2.07. The predicted molar refractivity (Wildman–Crippen MR) is 50.0 cm³/mol. The van der Waals surface area contributed by atoms with E-state index in [9.17, 15) is 9.90 Å². The summed E-state index contributed by atoms with van der Waals surface area (Å²) in [5, 5.41) is 9.38. The van der Waals surface area contributed by atoms with Crippen LogP contribution in [0.4, 0.5) is 0 Å². The summed E-state index contributed by atoms with van der Waals surface area (Å²) < 4.78 is 0. The standard InChI is InChI=1S/C11H8O2/c12-7-10-5-8-3-1-2-4-9(8)6-11(10)13/h1-4,6,13H,5H2. The third-order valence-electron chi connectivity index (χ3n) is 2.15. The SMILES string of the molecule is O=C=C1Cc2ccccc2C=C1O. The van der Waals surface area contributed by atoms with Crippen LogP contribution in [0.2, 0.25) is 0 Å². The minimum atomic E-state index is 0.0358. The fraction of sp³-hybridized carbons (Fsp3) is 0.0909. The van der Waals surface area contributed by atoms with E-state index in [2.05, 4.69) is 0 Å². The van der Waals surface area contributed by atoms with Gasteiger partial charge in [0.1, 0.15) is 11.7 Å². The fourth-order valence-corrected chi connectivity index (χ4v) is 1.44. The zero-order valence-electron chi connectivity index (χ0n) is 6.95. The van der Waals surface area contributed by atoms with Gasteiger partial charge in [0.15, 0.2) is 0 Å². The second kappa shape index (κ2) is 2.92. The molecule has 1 N–H and O–H groups in total. The van der Waals surface area contributed by atoms with Crippen molar-refractivity contribution >= 4 is 12.0 Å². The topological polar surface area (TPSA) is 37.3 Å². The Morgan fingerprint density at radius 1 is 1.31 bits per heavy atom. The van der Waals surface area contributed by atoms with Crippen LogP contribution >= 0.6 is 0 Å². The van der Waals surface area contributed by atoms with Crippen LogP contribution in [0, 0.1) is 0 Å². The molecule has 0 aliphatic heterocycles. The van der Waals surface area contributed by atoms with Crippen LogP contribution in [0.5, 0.6) is 0 Å². The van der Waals surface area contributed by atoms with Gasteiger partial charge in [-0.25, -0.2) is 4.79 Å². The van der Waals surface area contributed by atoms with Gasteiger partial charge in [0.25, 0.3) is 0 Å². The summed E-state index contributed by atoms with van der Waals surface area (Å²) in [6.45, 7) is 0. The van der Waals surface area contributed by atoms with Crippen molar-refractivity contribution in [3.8, 4) is 0 Å². The van der Waals surface area contributed by atoms with Crippen molar-refractivity contribution < 1.29 is 9.90 Å². The van der Waals surface area contributed by atoms with Crippen LogP contribution in [-0.2, 0) is 11.2 Å². The molecule has 0 amide bonds. The summed E-state index contributed by atoms with van der Waals surface area (Å²) in [6, 6.07) is 7.67. The van der Waals surface area contributed by atoms with Crippen molar-refractivity contribution in [3.05, 3.63) is 46.7 Å². The van der Waals surface area contributed by atoms with Gasteiger partial charge in [0.2, 0.25) is 0 Å². The molecule has 1 aliphatic rings. The molecule has 2 heteroatoms. The highest BCUT2D eigenvalue weighted by Gasteiger charge is 2.14. The van der Waals surface area contributed by atoms with Gasteiger partial charge in [-0.2, -0.15) is 0 Å². The number of aliphatic hydroxyl groups excluding tert-OH is 1. The molecule has 0 bridgehead atoms. The van der Waals surface area contributed by atoms with Gasteiger partial charge in [-0.15, -0.1) is 0 Å². The van der Waals surface area contributed by atoms with Gasteiger partial charge in [0.05, 0.1) is 5.57 Å². The van der Waals surface area contributed by atoms with E-state index in [-0.39, 0.29) is 5.76 Å².